The Morgan fingerprint density at radius 2 is 1.94 bits per heavy atom. The van der Waals surface area contributed by atoms with Crippen LogP contribution in [0.2, 0.25) is 5.02 Å². The van der Waals surface area contributed by atoms with E-state index in [4.69, 9.17) is 17.3 Å². The van der Waals surface area contributed by atoms with Crippen molar-refractivity contribution in [2.24, 2.45) is 5.73 Å². The van der Waals surface area contributed by atoms with E-state index >= 15 is 0 Å². The zero-order valence-corrected chi connectivity index (χ0v) is 12.9. The number of hydrogen-bond donors (Lipinski definition) is 1. The van der Waals surface area contributed by atoms with E-state index in [1.807, 2.05) is 30.5 Å². The van der Waals surface area contributed by atoms with Crippen molar-refractivity contribution in [1.82, 2.24) is 10.2 Å². The predicted octanol–water partition coefficient (Wildman–Crippen LogP) is 3.71. The van der Waals surface area contributed by atoms with Gasteiger partial charge < -0.3 is 5.73 Å². The van der Waals surface area contributed by atoms with Crippen LogP contribution in [0.3, 0.4) is 0 Å². The number of benzene rings is 1. The minimum Gasteiger partial charge on any atom is -0.329 e. The molecule has 1 atom stereocenters. The van der Waals surface area contributed by atoms with Crippen molar-refractivity contribution in [3.8, 4) is 0 Å². The van der Waals surface area contributed by atoms with Gasteiger partial charge in [0.05, 0.1) is 0 Å². The number of thioether (sulfide) groups is 2. The molecule has 0 aliphatic carbocycles. The number of rotatable bonds is 5. The van der Waals surface area contributed by atoms with Crippen molar-refractivity contribution in [3.05, 3.63) is 34.9 Å². The van der Waals surface area contributed by atoms with Crippen molar-refractivity contribution in [2.45, 2.75) is 13.9 Å². The van der Waals surface area contributed by atoms with E-state index in [-0.39, 0.29) is 5.25 Å². The summed E-state index contributed by atoms with van der Waals surface area (Å²) in [6, 6.07) is 7.77. The van der Waals surface area contributed by atoms with Crippen LogP contribution in [-0.4, -0.2) is 23.0 Å². The molecular formula is C11H12ClN3S3. The summed E-state index contributed by atoms with van der Waals surface area (Å²) in [6.45, 7) is 0.556. The van der Waals surface area contributed by atoms with Gasteiger partial charge in [-0.05, 0) is 24.0 Å². The molecule has 1 aromatic heterocycles. The topological polar surface area (TPSA) is 51.8 Å². The molecular weight excluding hydrogens is 306 g/mol. The maximum Gasteiger partial charge on any atom is 0.175 e. The van der Waals surface area contributed by atoms with Crippen LogP contribution in [0.25, 0.3) is 0 Å². The van der Waals surface area contributed by atoms with Gasteiger partial charge >= 0.3 is 0 Å². The Labute approximate surface area is 124 Å². The van der Waals surface area contributed by atoms with E-state index in [1.54, 1.807) is 34.9 Å². The molecule has 0 radical (unpaired) electrons. The van der Waals surface area contributed by atoms with Crippen LogP contribution in [-0.2, 0) is 0 Å². The largest absolute Gasteiger partial charge is 0.329 e. The maximum atomic E-state index is 5.88. The second-order valence-corrected chi connectivity index (χ2v) is 7.35. The summed E-state index contributed by atoms with van der Waals surface area (Å²) in [5.41, 5.74) is 6.99. The van der Waals surface area contributed by atoms with Gasteiger partial charge in [0, 0.05) is 16.8 Å². The summed E-state index contributed by atoms with van der Waals surface area (Å²) in [4.78, 5) is 0. The van der Waals surface area contributed by atoms with Crippen molar-refractivity contribution in [1.29, 1.82) is 0 Å². The van der Waals surface area contributed by atoms with Gasteiger partial charge in [0.2, 0.25) is 0 Å². The van der Waals surface area contributed by atoms with Gasteiger partial charge in [-0.25, -0.2) is 0 Å². The lowest BCUT2D eigenvalue weighted by Crippen LogP contribution is -2.09. The van der Waals surface area contributed by atoms with Gasteiger partial charge in [-0.15, -0.1) is 10.2 Å². The van der Waals surface area contributed by atoms with Crippen LogP contribution in [0.4, 0.5) is 0 Å². The van der Waals surface area contributed by atoms with E-state index in [9.17, 15) is 0 Å². The third-order valence-corrected chi connectivity index (χ3v) is 5.78. The molecule has 96 valence electrons. The fourth-order valence-corrected chi connectivity index (χ4v) is 4.17. The number of aromatic nitrogens is 2. The van der Waals surface area contributed by atoms with Crippen molar-refractivity contribution >= 4 is 46.5 Å². The molecule has 0 saturated heterocycles. The first kappa shape index (κ1) is 14.1. The maximum absolute atomic E-state index is 5.88. The Morgan fingerprint density at radius 3 is 2.50 bits per heavy atom. The average Bonchev–Trinajstić information content (AvgIpc) is 2.85. The molecule has 3 nitrogen and oxygen atoms in total. The zero-order valence-electron chi connectivity index (χ0n) is 9.67. The van der Waals surface area contributed by atoms with Crippen molar-refractivity contribution in [2.75, 3.05) is 12.8 Å². The third kappa shape index (κ3) is 3.61. The van der Waals surface area contributed by atoms with Crippen LogP contribution in [0.5, 0.6) is 0 Å². The first-order valence-corrected chi connectivity index (χ1v) is 8.52. The summed E-state index contributed by atoms with van der Waals surface area (Å²) in [7, 11) is 0. The summed E-state index contributed by atoms with van der Waals surface area (Å²) in [6.07, 6.45) is 1.99. The lowest BCUT2D eigenvalue weighted by atomic mass is 10.1. The second-order valence-electron chi connectivity index (χ2n) is 3.43. The minimum atomic E-state index is 0.185. The van der Waals surface area contributed by atoms with Crippen molar-refractivity contribution < 1.29 is 0 Å². The van der Waals surface area contributed by atoms with Crippen molar-refractivity contribution in [3.63, 3.8) is 0 Å². The smallest absolute Gasteiger partial charge is 0.175 e. The first-order chi connectivity index (χ1) is 8.72. The highest BCUT2D eigenvalue weighted by molar-refractivity contribution is 8.03. The number of hydrogen-bond acceptors (Lipinski definition) is 6. The minimum absolute atomic E-state index is 0.185. The summed E-state index contributed by atoms with van der Waals surface area (Å²) >= 11 is 10.7. The Hall–Kier alpha value is -0.270. The lowest BCUT2D eigenvalue weighted by molar-refractivity contribution is 0.921. The van der Waals surface area contributed by atoms with Gasteiger partial charge in [-0.3, -0.25) is 0 Å². The molecule has 0 bridgehead atoms. The Morgan fingerprint density at radius 1 is 1.28 bits per heavy atom. The van der Waals surface area contributed by atoms with E-state index in [2.05, 4.69) is 10.2 Å². The van der Waals surface area contributed by atoms with Crippen LogP contribution in [0.1, 0.15) is 10.8 Å². The monoisotopic (exact) mass is 317 g/mol. The molecule has 18 heavy (non-hydrogen) atoms. The molecule has 1 heterocycles. The number of halogens is 1. The van der Waals surface area contributed by atoms with Gasteiger partial charge in [0.25, 0.3) is 0 Å². The van der Waals surface area contributed by atoms with Gasteiger partial charge in [-0.1, -0.05) is 58.6 Å². The van der Waals surface area contributed by atoms with Gasteiger partial charge in [0.15, 0.2) is 8.68 Å². The van der Waals surface area contributed by atoms with Crippen LogP contribution < -0.4 is 5.73 Å². The third-order valence-electron chi connectivity index (χ3n) is 2.26. The highest BCUT2D eigenvalue weighted by Gasteiger charge is 2.14. The van der Waals surface area contributed by atoms with E-state index in [0.717, 1.165) is 19.3 Å². The fourth-order valence-electron chi connectivity index (χ4n) is 1.38. The summed E-state index contributed by atoms with van der Waals surface area (Å²) in [5.74, 6) is 0. The van der Waals surface area contributed by atoms with Gasteiger partial charge in [0.1, 0.15) is 0 Å². The van der Waals surface area contributed by atoms with Crippen LogP contribution in [0, 0.1) is 0 Å². The molecule has 0 spiro atoms. The van der Waals surface area contributed by atoms with E-state index in [0.29, 0.717) is 6.54 Å². The zero-order chi connectivity index (χ0) is 13.0. The molecule has 0 fully saturated rings. The Kier molecular flexibility index (Phi) is 5.32. The highest BCUT2D eigenvalue weighted by Crippen LogP contribution is 2.37. The molecule has 2 N–H and O–H groups in total. The molecule has 7 heteroatoms. The Bertz CT molecular complexity index is 500. The number of nitrogens with zero attached hydrogens (tertiary/aromatic N) is 2. The molecule has 0 saturated carbocycles. The number of nitrogens with two attached hydrogens (primary N) is 1. The Balaban J connectivity index is 2.11. The molecule has 1 aromatic carbocycles. The molecule has 2 aromatic rings. The molecule has 0 aliphatic rings. The lowest BCUT2D eigenvalue weighted by Gasteiger charge is -2.12. The first-order valence-electron chi connectivity index (χ1n) is 5.22. The van der Waals surface area contributed by atoms with E-state index in [1.165, 1.54) is 0 Å². The summed E-state index contributed by atoms with van der Waals surface area (Å²) < 4.78 is 1.93. The second kappa shape index (κ2) is 6.77. The molecule has 2 rings (SSSR count). The van der Waals surface area contributed by atoms with Crippen LogP contribution in [0.15, 0.2) is 32.9 Å². The standard InChI is InChI=1S/C11H12ClN3S3/c1-16-10-14-15-11(18-10)17-9(6-13)7-2-4-8(12)5-3-7/h2-5,9H,6,13H2,1H3. The molecule has 0 aliphatic heterocycles. The SMILES string of the molecule is CSc1nnc(SC(CN)c2ccc(Cl)cc2)s1. The van der Waals surface area contributed by atoms with E-state index < -0.39 is 0 Å². The quantitative estimate of drug-likeness (QED) is 0.852. The highest BCUT2D eigenvalue weighted by atomic mass is 35.5. The molecule has 0 amide bonds. The fraction of sp³-hybridized carbons (Fsp3) is 0.273. The van der Waals surface area contributed by atoms with Gasteiger partial charge in [-0.2, -0.15) is 0 Å². The van der Waals surface area contributed by atoms with Crippen LogP contribution >= 0.6 is 46.5 Å². The predicted molar refractivity (Wildman–Crippen MR) is 80.8 cm³/mol. The molecule has 1 unspecified atom stereocenters. The summed E-state index contributed by atoms with van der Waals surface area (Å²) in [5, 5.41) is 9.15. The normalized spacial score (nSPS) is 12.6. The average molecular weight is 318 g/mol.